The average molecular weight is 383 g/mol. The quantitative estimate of drug-likeness (QED) is 0.664. The zero-order chi connectivity index (χ0) is 15.8. The molecule has 0 aromatic heterocycles. The van der Waals surface area contributed by atoms with E-state index in [1.54, 1.807) is 0 Å². The Morgan fingerprint density at radius 1 is 1.48 bits per heavy atom. The van der Waals surface area contributed by atoms with Gasteiger partial charge in [0.1, 0.15) is 4.90 Å². The van der Waals surface area contributed by atoms with E-state index in [2.05, 4.69) is 21.2 Å². The first-order chi connectivity index (χ1) is 9.70. The van der Waals surface area contributed by atoms with Crippen molar-refractivity contribution in [1.29, 1.82) is 0 Å². The summed E-state index contributed by atoms with van der Waals surface area (Å²) in [4.78, 5) is 11.2. The van der Waals surface area contributed by atoms with Gasteiger partial charge in [0, 0.05) is 4.47 Å². The highest BCUT2D eigenvalue weighted by Crippen LogP contribution is 2.23. The lowest BCUT2D eigenvalue weighted by Gasteiger charge is -2.15. The standard InChI is InChI=1S/C11H12BrFN2O5S/c12-5-1-6(10(13)9(2-5)21(14,18)19)11(17)15-7-3-20-4-8(7)16/h1-2,7-8,16H,3-4H2,(H,15,17)(H2,14,18,19)/t7-,8-/m1/s1. The van der Waals surface area contributed by atoms with Gasteiger partial charge in [-0.3, -0.25) is 4.79 Å². The molecule has 7 nitrogen and oxygen atoms in total. The lowest BCUT2D eigenvalue weighted by molar-refractivity contribution is 0.0882. The molecule has 4 N–H and O–H groups in total. The molecule has 0 aliphatic carbocycles. The van der Waals surface area contributed by atoms with Gasteiger partial charge in [-0.1, -0.05) is 15.9 Å². The number of aliphatic hydroxyl groups is 1. The number of carbonyl (C=O) groups excluding carboxylic acids is 1. The Labute approximate surface area is 128 Å². The third-order valence-corrected chi connectivity index (χ3v) is 4.29. The van der Waals surface area contributed by atoms with Crippen molar-refractivity contribution in [3.63, 3.8) is 0 Å². The molecule has 2 rings (SSSR count). The average Bonchev–Trinajstić information content (AvgIpc) is 2.76. The van der Waals surface area contributed by atoms with Crippen LogP contribution in [-0.2, 0) is 14.8 Å². The van der Waals surface area contributed by atoms with Crippen LogP contribution in [0.3, 0.4) is 0 Å². The number of nitrogens with two attached hydrogens (primary N) is 1. The number of hydrogen-bond acceptors (Lipinski definition) is 5. The largest absolute Gasteiger partial charge is 0.388 e. The first-order valence-electron chi connectivity index (χ1n) is 5.78. The van der Waals surface area contributed by atoms with Crippen molar-refractivity contribution in [1.82, 2.24) is 5.32 Å². The second-order valence-corrected chi connectivity index (χ2v) is 6.94. The van der Waals surface area contributed by atoms with Crippen LogP contribution in [0.25, 0.3) is 0 Å². The van der Waals surface area contributed by atoms with E-state index in [1.807, 2.05) is 0 Å². The zero-order valence-electron chi connectivity index (χ0n) is 10.5. The summed E-state index contributed by atoms with van der Waals surface area (Å²) in [6.45, 7) is 0.152. The highest BCUT2D eigenvalue weighted by atomic mass is 79.9. The number of aliphatic hydroxyl groups excluding tert-OH is 1. The number of carbonyl (C=O) groups is 1. The Balaban J connectivity index is 2.35. The van der Waals surface area contributed by atoms with Crippen LogP contribution >= 0.6 is 15.9 Å². The first kappa shape index (κ1) is 16.3. The van der Waals surface area contributed by atoms with Gasteiger partial charge in [-0.25, -0.2) is 17.9 Å². The molecule has 21 heavy (non-hydrogen) atoms. The number of hydrogen-bond donors (Lipinski definition) is 3. The van der Waals surface area contributed by atoms with Crippen LogP contribution < -0.4 is 10.5 Å². The van der Waals surface area contributed by atoms with Gasteiger partial charge < -0.3 is 15.2 Å². The highest BCUT2D eigenvalue weighted by Gasteiger charge is 2.30. The molecule has 1 heterocycles. The van der Waals surface area contributed by atoms with Gasteiger partial charge in [-0.05, 0) is 12.1 Å². The highest BCUT2D eigenvalue weighted by molar-refractivity contribution is 9.10. The summed E-state index contributed by atoms with van der Waals surface area (Å²) in [7, 11) is -4.31. The molecule has 0 saturated carbocycles. The van der Waals surface area contributed by atoms with Crippen molar-refractivity contribution in [3.8, 4) is 0 Å². The molecule has 0 spiro atoms. The van der Waals surface area contributed by atoms with E-state index in [4.69, 9.17) is 9.88 Å². The summed E-state index contributed by atoms with van der Waals surface area (Å²) in [6, 6.07) is 1.41. The molecule has 1 aliphatic heterocycles. The Morgan fingerprint density at radius 3 is 2.67 bits per heavy atom. The molecule has 0 bridgehead atoms. The van der Waals surface area contributed by atoms with Crippen molar-refractivity contribution < 1.29 is 27.4 Å². The smallest absolute Gasteiger partial charge is 0.254 e. The van der Waals surface area contributed by atoms with Crippen molar-refractivity contribution in [2.45, 2.75) is 17.0 Å². The number of halogens is 2. The summed E-state index contributed by atoms with van der Waals surface area (Å²) >= 11 is 2.99. The molecular formula is C11H12BrFN2O5S. The fraction of sp³-hybridized carbons (Fsp3) is 0.364. The van der Waals surface area contributed by atoms with Crippen LogP contribution in [0.15, 0.2) is 21.5 Å². The number of sulfonamides is 1. The van der Waals surface area contributed by atoms with Gasteiger partial charge >= 0.3 is 0 Å². The van der Waals surface area contributed by atoms with Crippen molar-refractivity contribution in [3.05, 3.63) is 28.0 Å². The van der Waals surface area contributed by atoms with Crippen molar-refractivity contribution in [2.75, 3.05) is 13.2 Å². The minimum Gasteiger partial charge on any atom is -0.388 e. The number of ether oxygens (including phenoxy) is 1. The molecule has 1 aromatic carbocycles. The van der Waals surface area contributed by atoms with Crippen molar-refractivity contribution in [2.24, 2.45) is 5.14 Å². The van der Waals surface area contributed by atoms with Gasteiger partial charge in [-0.2, -0.15) is 0 Å². The van der Waals surface area contributed by atoms with Gasteiger partial charge in [0.05, 0.1) is 30.9 Å². The molecule has 1 aliphatic rings. The van der Waals surface area contributed by atoms with E-state index >= 15 is 0 Å². The molecule has 0 unspecified atom stereocenters. The van der Waals surface area contributed by atoms with Crippen LogP contribution in [0.4, 0.5) is 4.39 Å². The monoisotopic (exact) mass is 382 g/mol. The molecule has 0 radical (unpaired) electrons. The zero-order valence-corrected chi connectivity index (χ0v) is 12.9. The maximum Gasteiger partial charge on any atom is 0.254 e. The first-order valence-corrected chi connectivity index (χ1v) is 8.12. The van der Waals surface area contributed by atoms with Gasteiger partial charge in [-0.15, -0.1) is 0 Å². The summed E-state index contributed by atoms with van der Waals surface area (Å²) in [6.07, 6.45) is -0.901. The lowest BCUT2D eigenvalue weighted by Crippen LogP contribution is -2.42. The minimum atomic E-state index is -4.31. The molecule has 1 amide bonds. The van der Waals surface area contributed by atoms with Crippen LogP contribution in [0.1, 0.15) is 10.4 Å². The molecule has 1 aromatic rings. The number of nitrogens with one attached hydrogen (secondary N) is 1. The van der Waals surface area contributed by atoms with Crippen LogP contribution in [0, 0.1) is 5.82 Å². The lowest BCUT2D eigenvalue weighted by atomic mass is 10.1. The summed E-state index contributed by atoms with van der Waals surface area (Å²) in [5.41, 5.74) is -0.493. The number of amides is 1. The molecule has 2 atom stereocenters. The van der Waals surface area contributed by atoms with E-state index in [-0.39, 0.29) is 17.7 Å². The fourth-order valence-electron chi connectivity index (χ4n) is 1.86. The van der Waals surface area contributed by atoms with Crippen LogP contribution in [-0.4, -0.2) is 44.8 Å². The summed E-state index contributed by atoms with van der Waals surface area (Å²) < 4.78 is 41.9. The second-order valence-electron chi connectivity index (χ2n) is 4.50. The Morgan fingerprint density at radius 2 is 2.14 bits per heavy atom. The van der Waals surface area contributed by atoms with Crippen molar-refractivity contribution >= 4 is 31.9 Å². The minimum absolute atomic E-state index is 0.0638. The SMILES string of the molecule is NS(=O)(=O)c1cc(Br)cc(C(=O)N[C@@H]2COC[C@H]2O)c1F. The fourth-order valence-corrected chi connectivity index (χ4v) is 3.12. The predicted octanol–water partition coefficient (Wildman–Crippen LogP) is -0.275. The van der Waals surface area contributed by atoms with E-state index in [1.165, 1.54) is 0 Å². The Kier molecular flexibility index (Phi) is 4.63. The number of rotatable bonds is 3. The van der Waals surface area contributed by atoms with E-state index in [0.717, 1.165) is 12.1 Å². The third kappa shape index (κ3) is 3.58. The summed E-state index contributed by atoms with van der Waals surface area (Å²) in [5.74, 6) is -2.11. The number of benzene rings is 1. The second kappa shape index (κ2) is 5.97. The molecular weight excluding hydrogens is 371 g/mol. The molecule has 1 saturated heterocycles. The third-order valence-electron chi connectivity index (χ3n) is 2.92. The Bertz CT molecular complexity index is 681. The molecule has 10 heteroatoms. The predicted molar refractivity (Wildman–Crippen MR) is 73.6 cm³/mol. The van der Waals surface area contributed by atoms with E-state index < -0.39 is 44.4 Å². The maximum atomic E-state index is 14.1. The van der Waals surface area contributed by atoms with E-state index in [9.17, 15) is 22.7 Å². The van der Waals surface area contributed by atoms with Crippen LogP contribution in [0.5, 0.6) is 0 Å². The van der Waals surface area contributed by atoms with E-state index in [0.29, 0.717) is 0 Å². The van der Waals surface area contributed by atoms with Crippen LogP contribution in [0.2, 0.25) is 0 Å². The number of primary sulfonamides is 1. The van der Waals surface area contributed by atoms with Gasteiger partial charge in [0.15, 0.2) is 5.82 Å². The molecule has 1 fully saturated rings. The van der Waals surface area contributed by atoms with Gasteiger partial charge in [0.2, 0.25) is 10.0 Å². The Hall–Kier alpha value is -1.07. The maximum absolute atomic E-state index is 14.1. The van der Waals surface area contributed by atoms with Gasteiger partial charge in [0.25, 0.3) is 5.91 Å². The molecule has 116 valence electrons. The summed E-state index contributed by atoms with van der Waals surface area (Å²) in [5, 5.41) is 16.8. The topological polar surface area (TPSA) is 119 Å². The normalized spacial score (nSPS) is 22.3.